The summed E-state index contributed by atoms with van der Waals surface area (Å²) >= 11 is 3.31. The highest BCUT2D eigenvalue weighted by Crippen LogP contribution is 2.20. The zero-order valence-electron chi connectivity index (χ0n) is 10.2. The molecule has 0 bridgehead atoms. The lowest BCUT2D eigenvalue weighted by Gasteiger charge is -2.12. The van der Waals surface area contributed by atoms with E-state index in [-0.39, 0.29) is 6.61 Å². The second-order valence-corrected chi connectivity index (χ2v) is 4.23. The quantitative estimate of drug-likeness (QED) is 0.680. The van der Waals surface area contributed by atoms with Crippen molar-refractivity contribution in [2.24, 2.45) is 0 Å². The number of alkyl halides is 1. The molecule has 1 aromatic heterocycles. The van der Waals surface area contributed by atoms with Crippen LogP contribution in [-0.2, 0) is 16.7 Å². The standard InChI is InChI=1S/C12H12BrN3O3/c1-19-12(18)8-4-2-3-5-9(8)16-10(6-13)14-15-11(16)7-17/h2-5,17H,6-7H2,1H3. The third kappa shape index (κ3) is 2.52. The predicted molar refractivity (Wildman–Crippen MR) is 71.3 cm³/mol. The maximum atomic E-state index is 11.8. The average molecular weight is 326 g/mol. The summed E-state index contributed by atoms with van der Waals surface area (Å²) in [7, 11) is 1.32. The van der Waals surface area contributed by atoms with Gasteiger partial charge in [0.15, 0.2) is 5.82 Å². The van der Waals surface area contributed by atoms with Gasteiger partial charge in [-0.25, -0.2) is 4.79 Å². The maximum Gasteiger partial charge on any atom is 0.339 e. The molecule has 0 radical (unpaired) electrons. The van der Waals surface area contributed by atoms with Gasteiger partial charge in [-0.1, -0.05) is 28.1 Å². The van der Waals surface area contributed by atoms with Crippen LogP contribution >= 0.6 is 15.9 Å². The van der Waals surface area contributed by atoms with Gasteiger partial charge in [-0.05, 0) is 12.1 Å². The molecule has 0 aliphatic heterocycles. The summed E-state index contributed by atoms with van der Waals surface area (Å²) in [4.78, 5) is 11.8. The fraction of sp³-hybridized carbons (Fsp3) is 0.250. The summed E-state index contributed by atoms with van der Waals surface area (Å²) in [5.74, 6) is 0.514. The zero-order chi connectivity index (χ0) is 13.8. The number of para-hydroxylation sites is 1. The molecule has 0 fully saturated rings. The lowest BCUT2D eigenvalue weighted by molar-refractivity contribution is 0.0600. The van der Waals surface area contributed by atoms with E-state index < -0.39 is 5.97 Å². The number of esters is 1. The van der Waals surface area contributed by atoms with Gasteiger partial charge in [0.25, 0.3) is 0 Å². The number of aliphatic hydroxyl groups is 1. The van der Waals surface area contributed by atoms with Gasteiger partial charge in [0, 0.05) is 0 Å². The number of methoxy groups -OCH3 is 1. The average Bonchev–Trinajstić information content (AvgIpc) is 2.89. The molecule has 0 unspecified atom stereocenters. The van der Waals surface area contributed by atoms with Crippen molar-refractivity contribution in [3.05, 3.63) is 41.5 Å². The van der Waals surface area contributed by atoms with Crippen LogP contribution in [0.25, 0.3) is 5.69 Å². The molecule has 7 heteroatoms. The van der Waals surface area contributed by atoms with E-state index in [0.29, 0.717) is 28.2 Å². The van der Waals surface area contributed by atoms with E-state index in [2.05, 4.69) is 26.1 Å². The van der Waals surface area contributed by atoms with Gasteiger partial charge in [-0.2, -0.15) is 0 Å². The highest BCUT2D eigenvalue weighted by Gasteiger charge is 2.18. The minimum atomic E-state index is -0.450. The van der Waals surface area contributed by atoms with E-state index in [1.807, 2.05) is 0 Å². The minimum absolute atomic E-state index is 0.268. The number of halogens is 1. The van der Waals surface area contributed by atoms with E-state index in [0.717, 1.165) is 0 Å². The molecule has 1 aromatic carbocycles. The lowest BCUT2D eigenvalue weighted by Crippen LogP contribution is -2.11. The van der Waals surface area contributed by atoms with Crippen molar-refractivity contribution in [2.75, 3.05) is 7.11 Å². The fourth-order valence-corrected chi connectivity index (χ4v) is 2.13. The van der Waals surface area contributed by atoms with Gasteiger partial charge in [-0.3, -0.25) is 4.57 Å². The molecule has 0 atom stereocenters. The Morgan fingerprint density at radius 2 is 2.05 bits per heavy atom. The summed E-state index contributed by atoms with van der Waals surface area (Å²) in [5.41, 5.74) is 0.972. The number of aliphatic hydroxyl groups excluding tert-OH is 1. The Morgan fingerprint density at radius 1 is 1.37 bits per heavy atom. The number of hydrogen-bond acceptors (Lipinski definition) is 5. The van der Waals surface area contributed by atoms with Crippen LogP contribution in [0.15, 0.2) is 24.3 Å². The third-order valence-corrected chi connectivity index (χ3v) is 3.11. The smallest absolute Gasteiger partial charge is 0.339 e. The molecule has 1 heterocycles. The van der Waals surface area contributed by atoms with Crippen molar-refractivity contribution in [1.29, 1.82) is 0 Å². The first-order valence-electron chi connectivity index (χ1n) is 5.50. The predicted octanol–water partition coefficient (Wildman–Crippen LogP) is 1.44. The van der Waals surface area contributed by atoms with E-state index in [1.165, 1.54) is 7.11 Å². The Kier molecular flexibility index (Phi) is 4.28. The molecule has 2 rings (SSSR count). The van der Waals surface area contributed by atoms with E-state index in [4.69, 9.17) is 4.74 Å². The maximum absolute atomic E-state index is 11.8. The topological polar surface area (TPSA) is 77.2 Å². The van der Waals surface area contributed by atoms with Crippen LogP contribution in [0.3, 0.4) is 0 Å². The van der Waals surface area contributed by atoms with Crippen LogP contribution in [0.5, 0.6) is 0 Å². The van der Waals surface area contributed by atoms with Gasteiger partial charge in [0.05, 0.1) is 23.7 Å². The van der Waals surface area contributed by atoms with Crippen molar-refractivity contribution in [3.8, 4) is 5.69 Å². The molecule has 0 aliphatic rings. The molecule has 0 saturated carbocycles. The van der Waals surface area contributed by atoms with Crippen molar-refractivity contribution in [1.82, 2.24) is 14.8 Å². The monoisotopic (exact) mass is 325 g/mol. The van der Waals surface area contributed by atoms with Gasteiger partial charge in [0.2, 0.25) is 0 Å². The molecule has 0 spiro atoms. The Bertz CT molecular complexity index is 576. The first-order valence-corrected chi connectivity index (χ1v) is 6.62. The number of rotatable bonds is 4. The molecule has 0 amide bonds. The van der Waals surface area contributed by atoms with Gasteiger partial charge < -0.3 is 9.84 Å². The lowest BCUT2D eigenvalue weighted by atomic mass is 10.1. The van der Waals surface area contributed by atoms with Crippen molar-refractivity contribution < 1.29 is 14.6 Å². The van der Waals surface area contributed by atoms with E-state index in [9.17, 15) is 9.90 Å². The third-order valence-electron chi connectivity index (χ3n) is 2.61. The van der Waals surface area contributed by atoms with Crippen LogP contribution in [0.1, 0.15) is 22.0 Å². The van der Waals surface area contributed by atoms with Crippen LogP contribution in [0, 0.1) is 0 Å². The number of ether oxygens (including phenoxy) is 1. The first-order chi connectivity index (χ1) is 9.22. The van der Waals surface area contributed by atoms with Gasteiger partial charge in [0.1, 0.15) is 12.4 Å². The Balaban J connectivity index is 2.65. The van der Waals surface area contributed by atoms with Crippen molar-refractivity contribution >= 4 is 21.9 Å². The SMILES string of the molecule is COC(=O)c1ccccc1-n1c(CO)nnc1CBr. The second kappa shape index (κ2) is 5.94. The Labute approximate surface area is 118 Å². The summed E-state index contributed by atoms with van der Waals surface area (Å²) < 4.78 is 6.39. The molecule has 2 aromatic rings. The Hall–Kier alpha value is -1.73. The number of carbonyl (C=O) groups is 1. The molecular formula is C12H12BrN3O3. The normalized spacial score (nSPS) is 10.5. The highest BCUT2D eigenvalue weighted by molar-refractivity contribution is 9.08. The minimum Gasteiger partial charge on any atom is -0.465 e. The molecule has 0 aliphatic carbocycles. The number of carbonyl (C=O) groups excluding carboxylic acids is 1. The van der Waals surface area contributed by atoms with Crippen molar-refractivity contribution in [2.45, 2.75) is 11.9 Å². The van der Waals surface area contributed by atoms with Crippen LogP contribution in [0.4, 0.5) is 0 Å². The highest BCUT2D eigenvalue weighted by atomic mass is 79.9. The molecule has 19 heavy (non-hydrogen) atoms. The fourth-order valence-electron chi connectivity index (χ4n) is 1.77. The van der Waals surface area contributed by atoms with Gasteiger partial charge in [-0.15, -0.1) is 10.2 Å². The largest absolute Gasteiger partial charge is 0.465 e. The van der Waals surface area contributed by atoms with Crippen LogP contribution in [-0.4, -0.2) is 33.0 Å². The van der Waals surface area contributed by atoms with E-state index in [1.54, 1.807) is 28.8 Å². The second-order valence-electron chi connectivity index (χ2n) is 3.67. The summed E-state index contributed by atoms with van der Waals surface area (Å²) in [6.45, 7) is -0.268. The van der Waals surface area contributed by atoms with Gasteiger partial charge >= 0.3 is 5.97 Å². The molecule has 0 saturated heterocycles. The van der Waals surface area contributed by atoms with E-state index >= 15 is 0 Å². The van der Waals surface area contributed by atoms with Crippen LogP contribution in [0.2, 0.25) is 0 Å². The molecule has 1 N–H and O–H groups in total. The Morgan fingerprint density at radius 3 is 2.68 bits per heavy atom. The zero-order valence-corrected chi connectivity index (χ0v) is 11.8. The molecule has 100 valence electrons. The van der Waals surface area contributed by atoms with Crippen molar-refractivity contribution in [3.63, 3.8) is 0 Å². The number of nitrogens with zero attached hydrogens (tertiary/aromatic N) is 3. The summed E-state index contributed by atoms with van der Waals surface area (Å²) in [6.07, 6.45) is 0. The summed E-state index contributed by atoms with van der Waals surface area (Å²) in [5, 5.41) is 17.6. The number of benzene rings is 1. The number of aromatic nitrogens is 3. The molecular weight excluding hydrogens is 314 g/mol. The first kappa shape index (κ1) is 13.7. The molecule has 6 nitrogen and oxygen atoms in total. The number of hydrogen-bond donors (Lipinski definition) is 1. The summed E-state index contributed by atoms with van der Waals surface area (Å²) in [6, 6.07) is 6.94. The van der Waals surface area contributed by atoms with Crippen LogP contribution < -0.4 is 0 Å².